The van der Waals surface area contributed by atoms with Crippen LogP contribution in [0.15, 0.2) is 39.9 Å². The summed E-state index contributed by atoms with van der Waals surface area (Å²) >= 11 is 5.34. The highest BCUT2D eigenvalue weighted by Crippen LogP contribution is 2.31. The fourth-order valence-corrected chi connectivity index (χ4v) is 4.01. The van der Waals surface area contributed by atoms with E-state index in [4.69, 9.17) is 16.6 Å². The predicted molar refractivity (Wildman–Crippen MR) is 114 cm³/mol. The third-order valence-corrected chi connectivity index (χ3v) is 5.43. The van der Waals surface area contributed by atoms with E-state index in [2.05, 4.69) is 15.8 Å². The van der Waals surface area contributed by atoms with Crippen LogP contribution in [-0.2, 0) is 6.42 Å². The van der Waals surface area contributed by atoms with Gasteiger partial charge in [0.15, 0.2) is 10.9 Å². The second-order valence-electron chi connectivity index (χ2n) is 7.20. The molecule has 4 rings (SSSR count). The lowest BCUT2D eigenvalue weighted by Crippen LogP contribution is -2.28. The van der Waals surface area contributed by atoms with Crippen LogP contribution >= 0.6 is 12.2 Å². The summed E-state index contributed by atoms with van der Waals surface area (Å²) in [4.78, 5) is 14.7. The zero-order chi connectivity index (χ0) is 19.5. The molecule has 1 saturated heterocycles. The first-order valence-electron chi connectivity index (χ1n) is 9.74. The van der Waals surface area contributed by atoms with Gasteiger partial charge in [0.25, 0.3) is 5.91 Å². The number of rotatable bonds is 3. The molecule has 1 aromatic carbocycles. The molecule has 0 radical (unpaired) electrons. The minimum atomic E-state index is -0.00188. The van der Waals surface area contributed by atoms with Gasteiger partial charge in [-0.15, -0.1) is 0 Å². The van der Waals surface area contributed by atoms with E-state index in [0.717, 1.165) is 73.5 Å². The molecule has 1 fully saturated rings. The smallest absolute Gasteiger partial charge is 0.289 e. The molecular weight excluding hydrogens is 372 g/mol. The number of para-hydroxylation sites is 1. The summed E-state index contributed by atoms with van der Waals surface area (Å²) in [5.41, 5.74) is 6.57. The fraction of sp³-hybridized carbons (Fsp3) is 0.381. The van der Waals surface area contributed by atoms with Crippen molar-refractivity contribution in [2.45, 2.75) is 39.0 Å². The molecule has 0 atom stereocenters. The SMILES string of the molecule is Cc1c(C(=O)N2CCCC2)oc2c1/C(=N/NC(=S)Nc1ccccc1)CCC2. The molecule has 1 aliphatic carbocycles. The predicted octanol–water partition coefficient (Wildman–Crippen LogP) is 3.85. The molecular formula is C21H24N4O2S. The highest BCUT2D eigenvalue weighted by Gasteiger charge is 2.30. The lowest BCUT2D eigenvalue weighted by Gasteiger charge is -2.14. The van der Waals surface area contributed by atoms with Crippen molar-refractivity contribution in [3.63, 3.8) is 0 Å². The van der Waals surface area contributed by atoms with Crippen molar-refractivity contribution in [2.24, 2.45) is 5.10 Å². The summed E-state index contributed by atoms with van der Waals surface area (Å²) in [5.74, 6) is 1.32. The molecule has 1 aliphatic heterocycles. The molecule has 28 heavy (non-hydrogen) atoms. The Morgan fingerprint density at radius 1 is 1.14 bits per heavy atom. The van der Waals surface area contributed by atoms with Crippen LogP contribution in [0.5, 0.6) is 0 Å². The number of hydrazone groups is 1. The first kappa shape index (κ1) is 18.7. The molecule has 2 N–H and O–H groups in total. The van der Waals surface area contributed by atoms with E-state index in [0.29, 0.717) is 10.9 Å². The quantitative estimate of drug-likeness (QED) is 0.609. The Morgan fingerprint density at radius 2 is 1.89 bits per heavy atom. The number of likely N-dealkylation sites (tertiary alicyclic amines) is 1. The van der Waals surface area contributed by atoms with Gasteiger partial charge >= 0.3 is 0 Å². The zero-order valence-electron chi connectivity index (χ0n) is 16.0. The molecule has 6 nitrogen and oxygen atoms in total. The van der Waals surface area contributed by atoms with Crippen LogP contribution in [0.2, 0.25) is 0 Å². The molecule has 1 aromatic heterocycles. The largest absolute Gasteiger partial charge is 0.455 e. The number of fused-ring (bicyclic) bond motifs is 1. The van der Waals surface area contributed by atoms with Gasteiger partial charge in [0.1, 0.15) is 5.76 Å². The Labute approximate surface area is 170 Å². The van der Waals surface area contributed by atoms with Crippen LogP contribution in [0.3, 0.4) is 0 Å². The number of hydrogen-bond acceptors (Lipinski definition) is 4. The molecule has 2 heterocycles. The summed E-state index contributed by atoms with van der Waals surface area (Å²) in [7, 11) is 0. The molecule has 0 spiro atoms. The number of hydrogen-bond donors (Lipinski definition) is 2. The van der Waals surface area contributed by atoms with Gasteiger partial charge in [-0.05, 0) is 57.0 Å². The van der Waals surface area contributed by atoms with Crippen molar-refractivity contribution in [1.29, 1.82) is 0 Å². The van der Waals surface area contributed by atoms with E-state index < -0.39 is 0 Å². The molecule has 2 aromatic rings. The van der Waals surface area contributed by atoms with Gasteiger partial charge in [0, 0.05) is 36.3 Å². The number of thiocarbonyl (C=S) groups is 1. The van der Waals surface area contributed by atoms with Crippen LogP contribution < -0.4 is 10.7 Å². The van der Waals surface area contributed by atoms with Gasteiger partial charge in [-0.1, -0.05) is 18.2 Å². The number of carbonyl (C=O) groups is 1. The first-order valence-corrected chi connectivity index (χ1v) is 10.1. The van der Waals surface area contributed by atoms with Crippen molar-refractivity contribution in [3.8, 4) is 0 Å². The van der Waals surface area contributed by atoms with Crippen LogP contribution in [0.1, 0.15) is 53.1 Å². The number of benzene rings is 1. The molecule has 1 amide bonds. The third-order valence-electron chi connectivity index (χ3n) is 5.24. The van der Waals surface area contributed by atoms with Gasteiger partial charge in [0.2, 0.25) is 0 Å². The van der Waals surface area contributed by atoms with Gasteiger partial charge in [-0.2, -0.15) is 5.10 Å². The Hall–Kier alpha value is -2.67. The van der Waals surface area contributed by atoms with E-state index in [1.807, 2.05) is 42.2 Å². The number of nitrogens with zero attached hydrogens (tertiary/aromatic N) is 2. The topological polar surface area (TPSA) is 69.9 Å². The highest BCUT2D eigenvalue weighted by atomic mass is 32.1. The Morgan fingerprint density at radius 3 is 2.64 bits per heavy atom. The summed E-state index contributed by atoms with van der Waals surface area (Å²) < 4.78 is 6.00. The molecule has 0 unspecified atom stereocenters. The number of carbonyl (C=O) groups excluding carboxylic acids is 1. The Bertz CT molecular complexity index is 914. The number of amides is 1. The average Bonchev–Trinajstić information content (AvgIpc) is 3.35. The normalized spacial score (nSPS) is 17.5. The van der Waals surface area contributed by atoms with Gasteiger partial charge < -0.3 is 14.6 Å². The van der Waals surface area contributed by atoms with Gasteiger partial charge in [-0.3, -0.25) is 10.2 Å². The summed E-state index contributed by atoms with van der Waals surface area (Å²) in [6.07, 6.45) is 4.72. The molecule has 2 aliphatic rings. The van der Waals surface area contributed by atoms with Gasteiger partial charge in [0.05, 0.1) is 5.71 Å². The van der Waals surface area contributed by atoms with Gasteiger partial charge in [-0.25, -0.2) is 0 Å². The van der Waals surface area contributed by atoms with E-state index in [1.54, 1.807) is 0 Å². The lowest BCUT2D eigenvalue weighted by molar-refractivity contribution is 0.0758. The fourth-order valence-electron chi connectivity index (χ4n) is 3.85. The zero-order valence-corrected chi connectivity index (χ0v) is 16.8. The van der Waals surface area contributed by atoms with Crippen LogP contribution in [0, 0.1) is 6.92 Å². The minimum Gasteiger partial charge on any atom is -0.455 e. The Kier molecular flexibility index (Phi) is 5.43. The van der Waals surface area contributed by atoms with E-state index in [9.17, 15) is 4.79 Å². The standard InChI is InChI=1S/C21H24N4O2S/c1-14-18-16(23-24-21(28)22-15-8-3-2-4-9-15)10-7-11-17(18)27-19(14)20(26)25-12-5-6-13-25/h2-4,8-9H,5-7,10-13H2,1H3,(H2,22,24,28)/b23-16+. The summed E-state index contributed by atoms with van der Waals surface area (Å²) in [5, 5.41) is 8.07. The summed E-state index contributed by atoms with van der Waals surface area (Å²) in [6, 6.07) is 9.72. The number of nitrogens with one attached hydrogen (secondary N) is 2. The molecule has 7 heteroatoms. The van der Waals surface area contributed by atoms with Crippen molar-refractivity contribution < 1.29 is 9.21 Å². The molecule has 0 bridgehead atoms. The minimum absolute atomic E-state index is 0.00188. The molecule has 146 valence electrons. The highest BCUT2D eigenvalue weighted by molar-refractivity contribution is 7.80. The maximum atomic E-state index is 12.8. The third kappa shape index (κ3) is 3.80. The van der Waals surface area contributed by atoms with Crippen LogP contribution in [0.25, 0.3) is 0 Å². The van der Waals surface area contributed by atoms with Crippen LogP contribution in [-0.4, -0.2) is 34.7 Å². The Balaban J connectivity index is 1.52. The van der Waals surface area contributed by atoms with Crippen molar-refractivity contribution in [2.75, 3.05) is 18.4 Å². The lowest BCUT2D eigenvalue weighted by atomic mass is 9.93. The maximum absolute atomic E-state index is 12.8. The number of aryl methyl sites for hydroxylation is 1. The number of furan rings is 1. The summed E-state index contributed by atoms with van der Waals surface area (Å²) in [6.45, 7) is 3.57. The van der Waals surface area contributed by atoms with Crippen molar-refractivity contribution in [1.82, 2.24) is 10.3 Å². The monoisotopic (exact) mass is 396 g/mol. The first-order chi connectivity index (χ1) is 13.6. The second kappa shape index (κ2) is 8.14. The van der Waals surface area contributed by atoms with Crippen molar-refractivity contribution in [3.05, 3.63) is 53.0 Å². The average molecular weight is 397 g/mol. The van der Waals surface area contributed by atoms with Crippen molar-refractivity contribution >= 4 is 34.6 Å². The molecule has 0 saturated carbocycles. The maximum Gasteiger partial charge on any atom is 0.289 e. The van der Waals surface area contributed by atoms with E-state index >= 15 is 0 Å². The number of anilines is 1. The van der Waals surface area contributed by atoms with E-state index in [1.165, 1.54) is 0 Å². The van der Waals surface area contributed by atoms with Crippen LogP contribution in [0.4, 0.5) is 5.69 Å². The second-order valence-corrected chi connectivity index (χ2v) is 7.61. The van der Waals surface area contributed by atoms with E-state index in [-0.39, 0.29) is 5.91 Å².